The number of aromatic hydroxyl groups is 1. The van der Waals surface area contributed by atoms with Crippen molar-refractivity contribution < 1.29 is 9.90 Å². The Morgan fingerprint density at radius 2 is 1.78 bits per heavy atom. The van der Waals surface area contributed by atoms with E-state index in [-0.39, 0.29) is 17.8 Å². The second kappa shape index (κ2) is 11.0. The zero-order chi connectivity index (χ0) is 25.8. The second-order valence-electron chi connectivity index (χ2n) is 9.91. The van der Waals surface area contributed by atoms with Crippen LogP contribution in [0.15, 0.2) is 77.8 Å². The number of carbonyl (C=O) groups is 1. The molecule has 0 unspecified atom stereocenters. The van der Waals surface area contributed by atoms with Crippen molar-refractivity contribution in [1.82, 2.24) is 14.8 Å². The number of piperidine rings is 1. The monoisotopic (exact) mass is 494 g/mol. The Morgan fingerprint density at radius 3 is 2.51 bits per heavy atom. The molecule has 2 N–H and O–H groups in total. The zero-order valence-electron chi connectivity index (χ0n) is 21.5. The highest BCUT2D eigenvalue weighted by atomic mass is 16.3. The molecule has 0 saturated carbocycles. The summed E-state index contributed by atoms with van der Waals surface area (Å²) in [5, 5.41) is 11.3. The summed E-state index contributed by atoms with van der Waals surface area (Å²) in [6.45, 7) is 5.33. The molecule has 6 heteroatoms. The Bertz CT molecular complexity index is 1390. The van der Waals surface area contributed by atoms with Gasteiger partial charge >= 0.3 is 0 Å². The lowest BCUT2D eigenvalue weighted by atomic mass is 10.0. The first-order valence-electron chi connectivity index (χ1n) is 13.0. The minimum Gasteiger partial charge on any atom is -0.494 e. The number of aromatic nitrogens is 1. The number of fused-ring (bicyclic) bond motifs is 1. The van der Waals surface area contributed by atoms with E-state index in [0.29, 0.717) is 11.1 Å². The van der Waals surface area contributed by atoms with Crippen molar-refractivity contribution in [2.24, 2.45) is 4.99 Å². The Morgan fingerprint density at radius 1 is 1.05 bits per heavy atom. The quantitative estimate of drug-likeness (QED) is 0.290. The summed E-state index contributed by atoms with van der Waals surface area (Å²) in [6, 6.07) is 23.6. The molecule has 4 aromatic rings. The van der Waals surface area contributed by atoms with E-state index in [9.17, 15) is 9.90 Å². The molecule has 1 aliphatic rings. The number of hydrogen-bond acceptors (Lipinski definition) is 4. The Hall–Kier alpha value is -3.90. The Labute approximate surface area is 218 Å². The Kier molecular flexibility index (Phi) is 7.37. The van der Waals surface area contributed by atoms with Gasteiger partial charge in [-0.1, -0.05) is 48.9 Å². The molecule has 1 saturated heterocycles. The number of amides is 1. The second-order valence-corrected chi connectivity index (χ2v) is 9.91. The summed E-state index contributed by atoms with van der Waals surface area (Å²) < 4.78 is 0. The molecule has 0 aliphatic carbocycles. The number of nitrogens with one attached hydrogen (secondary N) is 1. The number of H-pyrrole nitrogens is 1. The van der Waals surface area contributed by atoms with E-state index in [1.165, 1.54) is 37.9 Å². The third kappa shape index (κ3) is 5.59. The summed E-state index contributed by atoms with van der Waals surface area (Å²) in [5.41, 5.74) is 5.07. The summed E-state index contributed by atoms with van der Waals surface area (Å²) >= 11 is 0. The van der Waals surface area contributed by atoms with Crippen molar-refractivity contribution in [3.63, 3.8) is 0 Å². The van der Waals surface area contributed by atoms with Crippen LogP contribution in [-0.2, 0) is 6.54 Å². The van der Waals surface area contributed by atoms with Gasteiger partial charge in [-0.3, -0.25) is 14.7 Å². The van der Waals surface area contributed by atoms with Gasteiger partial charge < -0.3 is 15.0 Å². The molecular formula is C31H34N4O2. The maximum atomic E-state index is 13.3. The van der Waals surface area contributed by atoms with Crippen LogP contribution in [0, 0.1) is 0 Å². The average molecular weight is 495 g/mol. The van der Waals surface area contributed by atoms with Gasteiger partial charge in [0.25, 0.3) is 5.91 Å². The number of nitrogens with zero attached hydrogens (tertiary/aromatic N) is 3. The van der Waals surface area contributed by atoms with Gasteiger partial charge in [-0.15, -0.1) is 0 Å². The lowest BCUT2D eigenvalue weighted by molar-refractivity contribution is 0.0743. The number of hydrogen-bond donors (Lipinski definition) is 2. The van der Waals surface area contributed by atoms with Gasteiger partial charge in [-0.25, -0.2) is 0 Å². The predicted molar refractivity (Wildman–Crippen MR) is 150 cm³/mol. The van der Waals surface area contributed by atoms with E-state index < -0.39 is 0 Å². The minimum absolute atomic E-state index is 0.0380. The molecule has 1 amide bonds. The highest BCUT2D eigenvalue weighted by molar-refractivity contribution is 6.06. The topological polar surface area (TPSA) is 71.9 Å². The molecule has 37 heavy (non-hydrogen) atoms. The Balaban J connectivity index is 1.33. The predicted octanol–water partition coefficient (Wildman–Crippen LogP) is 6.44. The molecule has 2 heterocycles. The third-order valence-electron chi connectivity index (χ3n) is 7.38. The fraction of sp³-hybridized carbons (Fsp3) is 0.290. The van der Waals surface area contributed by atoms with E-state index in [2.05, 4.69) is 27.0 Å². The lowest BCUT2D eigenvalue weighted by Crippen LogP contribution is -2.29. The maximum absolute atomic E-state index is 13.3. The molecule has 0 radical (unpaired) electrons. The van der Waals surface area contributed by atoms with Crippen molar-refractivity contribution in [3.05, 3.63) is 95.1 Å². The van der Waals surface area contributed by atoms with Crippen molar-refractivity contribution in [1.29, 1.82) is 0 Å². The first-order chi connectivity index (χ1) is 18.0. The molecular weight excluding hydrogens is 460 g/mol. The van der Waals surface area contributed by atoms with Gasteiger partial charge in [0.15, 0.2) is 5.88 Å². The SMILES string of the molecule is C[C@@H](c1ccccc1)N(C)C(=O)c1ccc2[nH]c(O)c(C=Nc3ccc(CN4CCCCC4)cc3)c2c1. The molecule has 1 atom stereocenters. The molecule has 6 nitrogen and oxygen atoms in total. The van der Waals surface area contributed by atoms with Gasteiger partial charge in [0.1, 0.15) is 0 Å². The molecule has 3 aromatic carbocycles. The van der Waals surface area contributed by atoms with Gasteiger partial charge in [0, 0.05) is 36.3 Å². The van der Waals surface area contributed by atoms with Gasteiger partial charge in [-0.05, 0) is 74.3 Å². The standard InChI is InChI=1S/C31H34N4O2/c1-22(24-9-5-3-6-10-24)34(2)31(37)25-13-16-29-27(19-25)28(30(36)33-29)20-32-26-14-11-23(12-15-26)21-35-17-7-4-8-18-35/h3,5-6,9-16,19-20,22,33,36H,4,7-8,17-18,21H2,1-2H3/t22-/m0/s1. The summed E-state index contributed by atoms with van der Waals surface area (Å²) in [5.74, 6) is -0.0396. The van der Waals surface area contributed by atoms with Crippen LogP contribution >= 0.6 is 0 Å². The molecule has 1 aromatic heterocycles. The van der Waals surface area contributed by atoms with Gasteiger partial charge in [-0.2, -0.15) is 0 Å². The number of aliphatic imine (C=N–C) groups is 1. The molecule has 190 valence electrons. The van der Waals surface area contributed by atoms with Crippen LogP contribution in [0.5, 0.6) is 5.88 Å². The maximum Gasteiger partial charge on any atom is 0.254 e. The normalized spacial score (nSPS) is 15.3. The van der Waals surface area contributed by atoms with E-state index >= 15 is 0 Å². The average Bonchev–Trinajstić information content (AvgIpc) is 3.26. The first kappa shape index (κ1) is 24.8. The summed E-state index contributed by atoms with van der Waals surface area (Å²) in [6.07, 6.45) is 5.57. The van der Waals surface area contributed by atoms with E-state index in [1.54, 1.807) is 17.2 Å². The van der Waals surface area contributed by atoms with Gasteiger partial charge in [0.2, 0.25) is 0 Å². The minimum atomic E-state index is -0.0777. The van der Waals surface area contributed by atoms with Crippen LogP contribution < -0.4 is 0 Å². The largest absolute Gasteiger partial charge is 0.494 e. The summed E-state index contributed by atoms with van der Waals surface area (Å²) in [4.78, 5) is 25.1. The third-order valence-corrected chi connectivity index (χ3v) is 7.38. The van der Waals surface area contributed by atoms with Crippen LogP contribution in [0.3, 0.4) is 0 Å². The fourth-order valence-electron chi connectivity index (χ4n) is 5.00. The van der Waals surface area contributed by atoms with Crippen molar-refractivity contribution in [3.8, 4) is 5.88 Å². The molecule has 0 spiro atoms. The number of benzene rings is 3. The van der Waals surface area contributed by atoms with Crippen LogP contribution in [0.1, 0.15) is 59.3 Å². The van der Waals surface area contributed by atoms with Gasteiger partial charge in [0.05, 0.1) is 17.3 Å². The van der Waals surface area contributed by atoms with Crippen molar-refractivity contribution in [2.75, 3.05) is 20.1 Å². The summed E-state index contributed by atoms with van der Waals surface area (Å²) in [7, 11) is 1.82. The van der Waals surface area contributed by atoms with Crippen molar-refractivity contribution >= 4 is 28.7 Å². The molecule has 5 rings (SSSR count). The molecule has 1 fully saturated rings. The number of likely N-dealkylation sites (tertiary alicyclic amines) is 1. The first-order valence-corrected chi connectivity index (χ1v) is 13.0. The smallest absolute Gasteiger partial charge is 0.254 e. The van der Waals surface area contributed by atoms with E-state index in [0.717, 1.165) is 28.7 Å². The van der Waals surface area contributed by atoms with E-state index in [1.807, 2.05) is 68.6 Å². The zero-order valence-corrected chi connectivity index (χ0v) is 21.5. The fourth-order valence-corrected chi connectivity index (χ4v) is 5.00. The number of aromatic amines is 1. The lowest BCUT2D eigenvalue weighted by Gasteiger charge is -2.26. The highest BCUT2D eigenvalue weighted by Gasteiger charge is 2.20. The van der Waals surface area contributed by atoms with Crippen LogP contribution in [-0.4, -0.2) is 52.1 Å². The molecule has 0 bridgehead atoms. The van der Waals surface area contributed by atoms with Crippen molar-refractivity contribution in [2.45, 2.75) is 38.8 Å². The van der Waals surface area contributed by atoms with E-state index in [4.69, 9.17) is 0 Å². The van der Waals surface area contributed by atoms with Crippen LogP contribution in [0.25, 0.3) is 10.9 Å². The van der Waals surface area contributed by atoms with Crippen LogP contribution in [0.2, 0.25) is 0 Å². The molecule has 1 aliphatic heterocycles. The van der Waals surface area contributed by atoms with Crippen LogP contribution in [0.4, 0.5) is 5.69 Å². The highest BCUT2D eigenvalue weighted by Crippen LogP contribution is 2.29. The number of carbonyl (C=O) groups excluding carboxylic acids is 1. The number of rotatable bonds is 7.